The number of thioether (sulfide) groups is 2. The van der Waals surface area contributed by atoms with Gasteiger partial charge in [0.1, 0.15) is 0 Å². The minimum atomic E-state index is 0.203. The third-order valence-electron chi connectivity index (χ3n) is 4.87. The Kier molecular flexibility index (Phi) is 4.49. The van der Waals surface area contributed by atoms with E-state index in [-0.39, 0.29) is 5.60 Å². The highest BCUT2D eigenvalue weighted by molar-refractivity contribution is 8.00. The highest BCUT2D eigenvalue weighted by Gasteiger charge is 2.42. The van der Waals surface area contributed by atoms with Crippen molar-refractivity contribution in [2.75, 3.05) is 23.9 Å². The summed E-state index contributed by atoms with van der Waals surface area (Å²) in [5, 5.41) is 0.725. The Balaban J connectivity index is 1.62. The summed E-state index contributed by atoms with van der Waals surface area (Å²) in [6.07, 6.45) is 7.62. The van der Waals surface area contributed by atoms with Crippen molar-refractivity contribution in [3.63, 3.8) is 0 Å². The summed E-state index contributed by atoms with van der Waals surface area (Å²) < 4.78 is 6.17. The van der Waals surface area contributed by atoms with Crippen LogP contribution in [0.15, 0.2) is 0 Å². The van der Waals surface area contributed by atoms with Gasteiger partial charge in [-0.1, -0.05) is 0 Å². The van der Waals surface area contributed by atoms with E-state index >= 15 is 0 Å². The Bertz CT molecular complexity index is 269. The van der Waals surface area contributed by atoms with Crippen LogP contribution >= 0.6 is 23.5 Å². The third kappa shape index (κ3) is 2.87. The first-order valence-corrected chi connectivity index (χ1v) is 9.58. The second-order valence-corrected chi connectivity index (χ2v) is 8.60. The average molecular weight is 287 g/mol. The molecule has 3 heterocycles. The van der Waals surface area contributed by atoms with E-state index in [9.17, 15) is 0 Å². The van der Waals surface area contributed by atoms with Gasteiger partial charge in [-0.25, -0.2) is 0 Å². The van der Waals surface area contributed by atoms with Crippen molar-refractivity contribution in [2.24, 2.45) is 11.7 Å². The zero-order valence-corrected chi connectivity index (χ0v) is 12.7. The van der Waals surface area contributed by atoms with Crippen LogP contribution in [0.4, 0.5) is 0 Å². The lowest BCUT2D eigenvalue weighted by Crippen LogP contribution is -2.49. The second-order valence-electron chi connectivity index (χ2n) is 6.03. The predicted molar refractivity (Wildman–Crippen MR) is 81.4 cm³/mol. The standard InChI is InChI=1S/C14H25NOS2/c15-13(12-2-1-7-18-12)11-3-6-16-14(10-11)4-8-17-9-5-14/h11-13H,1-10,15H2. The Hall–Kier alpha value is 0.620. The molecule has 104 valence electrons. The van der Waals surface area contributed by atoms with Gasteiger partial charge in [-0.05, 0) is 61.7 Å². The van der Waals surface area contributed by atoms with Crippen molar-refractivity contribution in [1.82, 2.24) is 0 Å². The van der Waals surface area contributed by atoms with Crippen LogP contribution in [0.25, 0.3) is 0 Å². The lowest BCUT2D eigenvalue weighted by atomic mass is 9.77. The van der Waals surface area contributed by atoms with Crippen molar-refractivity contribution in [1.29, 1.82) is 0 Å². The topological polar surface area (TPSA) is 35.2 Å². The largest absolute Gasteiger partial charge is 0.375 e. The van der Waals surface area contributed by atoms with Gasteiger partial charge in [0.15, 0.2) is 0 Å². The quantitative estimate of drug-likeness (QED) is 0.847. The van der Waals surface area contributed by atoms with E-state index in [2.05, 4.69) is 23.5 Å². The molecular formula is C14H25NOS2. The highest BCUT2D eigenvalue weighted by Crippen LogP contribution is 2.42. The molecule has 3 atom stereocenters. The summed E-state index contributed by atoms with van der Waals surface area (Å²) in [4.78, 5) is 0. The Labute approximate surface area is 119 Å². The van der Waals surface area contributed by atoms with Crippen LogP contribution in [0.5, 0.6) is 0 Å². The molecule has 3 saturated heterocycles. The molecule has 0 bridgehead atoms. The molecule has 3 unspecified atom stereocenters. The molecular weight excluding hydrogens is 262 g/mol. The van der Waals surface area contributed by atoms with E-state index in [1.165, 1.54) is 55.8 Å². The minimum absolute atomic E-state index is 0.203. The fourth-order valence-electron chi connectivity index (χ4n) is 3.70. The molecule has 3 fully saturated rings. The van der Waals surface area contributed by atoms with Crippen molar-refractivity contribution >= 4 is 23.5 Å². The van der Waals surface area contributed by atoms with E-state index in [0.29, 0.717) is 12.0 Å². The van der Waals surface area contributed by atoms with Crippen molar-refractivity contribution < 1.29 is 4.74 Å². The Morgan fingerprint density at radius 3 is 2.72 bits per heavy atom. The zero-order chi connectivity index (χ0) is 12.4. The van der Waals surface area contributed by atoms with Gasteiger partial charge in [0.25, 0.3) is 0 Å². The molecule has 0 aromatic carbocycles. The molecule has 0 saturated carbocycles. The SMILES string of the molecule is NC(C1CCOC2(CCSCC2)C1)C1CCCS1. The normalized spacial score (nSPS) is 37.8. The number of rotatable bonds is 2. The molecule has 2 N–H and O–H groups in total. The smallest absolute Gasteiger partial charge is 0.0701 e. The van der Waals surface area contributed by atoms with Gasteiger partial charge in [-0.3, -0.25) is 0 Å². The number of nitrogens with two attached hydrogens (primary N) is 1. The van der Waals surface area contributed by atoms with E-state index in [1.807, 2.05) is 0 Å². The van der Waals surface area contributed by atoms with Crippen LogP contribution in [-0.4, -0.2) is 40.8 Å². The number of ether oxygens (including phenoxy) is 1. The number of hydrogen-bond acceptors (Lipinski definition) is 4. The molecule has 18 heavy (non-hydrogen) atoms. The maximum atomic E-state index is 6.56. The minimum Gasteiger partial charge on any atom is -0.375 e. The molecule has 3 aliphatic rings. The first kappa shape index (κ1) is 13.6. The molecule has 3 aliphatic heterocycles. The molecule has 4 heteroatoms. The summed E-state index contributed by atoms with van der Waals surface area (Å²) in [7, 11) is 0. The van der Waals surface area contributed by atoms with E-state index in [1.54, 1.807) is 0 Å². The van der Waals surface area contributed by atoms with Crippen LogP contribution in [0.2, 0.25) is 0 Å². The van der Waals surface area contributed by atoms with Gasteiger partial charge in [0.2, 0.25) is 0 Å². The first-order chi connectivity index (χ1) is 8.79. The van der Waals surface area contributed by atoms with Gasteiger partial charge in [-0.2, -0.15) is 23.5 Å². The third-order valence-corrected chi connectivity index (χ3v) is 7.36. The van der Waals surface area contributed by atoms with Gasteiger partial charge >= 0.3 is 0 Å². The molecule has 0 radical (unpaired) electrons. The van der Waals surface area contributed by atoms with Crippen LogP contribution in [-0.2, 0) is 4.74 Å². The Morgan fingerprint density at radius 2 is 2.00 bits per heavy atom. The summed E-state index contributed by atoms with van der Waals surface area (Å²) >= 11 is 4.19. The lowest BCUT2D eigenvalue weighted by Gasteiger charge is -2.45. The molecule has 0 aromatic rings. The fourth-order valence-corrected chi connectivity index (χ4v) is 6.35. The monoisotopic (exact) mass is 287 g/mol. The second kappa shape index (κ2) is 5.94. The highest BCUT2D eigenvalue weighted by atomic mass is 32.2. The van der Waals surface area contributed by atoms with Crippen LogP contribution in [0.3, 0.4) is 0 Å². The molecule has 0 aliphatic carbocycles. The van der Waals surface area contributed by atoms with Crippen LogP contribution in [0.1, 0.15) is 38.5 Å². The lowest BCUT2D eigenvalue weighted by molar-refractivity contribution is -0.105. The summed E-state index contributed by atoms with van der Waals surface area (Å²) in [5.74, 6) is 4.58. The average Bonchev–Trinajstić information content (AvgIpc) is 2.93. The van der Waals surface area contributed by atoms with Crippen molar-refractivity contribution in [3.8, 4) is 0 Å². The Morgan fingerprint density at radius 1 is 1.17 bits per heavy atom. The maximum absolute atomic E-state index is 6.56. The molecule has 0 amide bonds. The maximum Gasteiger partial charge on any atom is 0.0701 e. The van der Waals surface area contributed by atoms with Crippen LogP contribution in [0, 0.1) is 5.92 Å². The fraction of sp³-hybridized carbons (Fsp3) is 1.00. The van der Waals surface area contributed by atoms with Crippen molar-refractivity contribution in [2.45, 2.75) is 55.4 Å². The summed E-state index contributed by atoms with van der Waals surface area (Å²) in [6, 6.07) is 0.410. The molecule has 2 nitrogen and oxygen atoms in total. The van der Waals surface area contributed by atoms with Crippen LogP contribution < -0.4 is 5.73 Å². The van der Waals surface area contributed by atoms with E-state index < -0.39 is 0 Å². The summed E-state index contributed by atoms with van der Waals surface area (Å²) in [5.41, 5.74) is 6.77. The van der Waals surface area contributed by atoms with Crippen molar-refractivity contribution in [3.05, 3.63) is 0 Å². The number of hydrogen-bond donors (Lipinski definition) is 1. The van der Waals surface area contributed by atoms with Gasteiger partial charge < -0.3 is 10.5 Å². The molecule has 3 rings (SSSR count). The molecule has 1 spiro atoms. The van der Waals surface area contributed by atoms with Gasteiger partial charge in [0.05, 0.1) is 5.60 Å². The predicted octanol–water partition coefficient (Wildman–Crippen LogP) is 2.90. The first-order valence-electron chi connectivity index (χ1n) is 7.38. The zero-order valence-electron chi connectivity index (χ0n) is 11.1. The molecule has 0 aromatic heterocycles. The van der Waals surface area contributed by atoms with E-state index in [4.69, 9.17) is 10.5 Å². The van der Waals surface area contributed by atoms with Gasteiger partial charge in [0, 0.05) is 17.9 Å². The summed E-state index contributed by atoms with van der Waals surface area (Å²) in [6.45, 7) is 0.945. The van der Waals surface area contributed by atoms with Gasteiger partial charge in [-0.15, -0.1) is 0 Å². The van der Waals surface area contributed by atoms with E-state index in [0.717, 1.165) is 11.9 Å².